The molecule has 1 fully saturated rings. The van der Waals surface area contributed by atoms with Gasteiger partial charge < -0.3 is 10.0 Å². The fourth-order valence-electron chi connectivity index (χ4n) is 2.51. The zero-order chi connectivity index (χ0) is 13.0. The number of aliphatic carboxylic acids is 1. The molecular weight excluding hydrogens is 228 g/mol. The van der Waals surface area contributed by atoms with Gasteiger partial charge in [-0.25, -0.2) is 0 Å². The highest BCUT2D eigenvalue weighted by Gasteiger charge is 2.20. The molecule has 98 valence electrons. The van der Waals surface area contributed by atoms with Crippen LogP contribution in [0.15, 0.2) is 18.2 Å². The van der Waals surface area contributed by atoms with E-state index in [1.807, 2.05) is 12.1 Å². The fraction of sp³-hybridized carbons (Fsp3) is 0.571. The van der Waals surface area contributed by atoms with Crippen LogP contribution in [0.3, 0.4) is 0 Å². The van der Waals surface area contributed by atoms with Gasteiger partial charge in [0.15, 0.2) is 0 Å². The summed E-state index contributed by atoms with van der Waals surface area (Å²) in [4.78, 5) is 17.5. The summed E-state index contributed by atoms with van der Waals surface area (Å²) >= 11 is 0. The molecule has 1 aromatic heterocycles. The summed E-state index contributed by atoms with van der Waals surface area (Å²) in [5, 5.41) is 8.69. The minimum atomic E-state index is -0.764. The van der Waals surface area contributed by atoms with Crippen molar-refractivity contribution in [3.63, 3.8) is 0 Å². The van der Waals surface area contributed by atoms with E-state index >= 15 is 0 Å². The molecule has 1 aromatic rings. The molecule has 4 heteroatoms. The molecule has 1 saturated heterocycles. The maximum absolute atomic E-state index is 10.6. The van der Waals surface area contributed by atoms with Crippen LogP contribution in [-0.4, -0.2) is 41.1 Å². The third-order valence-corrected chi connectivity index (χ3v) is 3.47. The maximum Gasteiger partial charge on any atom is 0.303 e. The lowest BCUT2D eigenvalue weighted by atomic mass is 9.94. The highest BCUT2D eigenvalue weighted by atomic mass is 16.4. The molecule has 0 saturated carbocycles. The van der Waals surface area contributed by atoms with Crippen molar-refractivity contribution in [2.45, 2.75) is 31.6 Å². The highest BCUT2D eigenvalue weighted by Crippen LogP contribution is 2.24. The normalized spacial score (nSPS) is 20.8. The van der Waals surface area contributed by atoms with Crippen molar-refractivity contribution in [3.05, 3.63) is 29.6 Å². The van der Waals surface area contributed by atoms with Gasteiger partial charge in [0.25, 0.3) is 0 Å². The topological polar surface area (TPSA) is 53.4 Å². The van der Waals surface area contributed by atoms with E-state index in [1.54, 1.807) is 0 Å². The number of carbonyl (C=O) groups is 1. The van der Waals surface area contributed by atoms with Gasteiger partial charge >= 0.3 is 5.97 Å². The second-order valence-electron chi connectivity index (χ2n) is 5.05. The molecule has 0 spiro atoms. The van der Waals surface area contributed by atoms with Gasteiger partial charge in [0, 0.05) is 30.3 Å². The summed E-state index contributed by atoms with van der Waals surface area (Å²) in [6.07, 6.45) is 3.06. The number of likely N-dealkylation sites (N-methyl/N-ethyl adjacent to an activating group) is 1. The Kier molecular flexibility index (Phi) is 4.31. The highest BCUT2D eigenvalue weighted by molar-refractivity contribution is 5.66. The van der Waals surface area contributed by atoms with Crippen LogP contribution in [-0.2, 0) is 11.2 Å². The third kappa shape index (κ3) is 3.53. The van der Waals surface area contributed by atoms with E-state index in [0.29, 0.717) is 12.3 Å². The molecular formula is C14H20N2O2. The molecule has 2 heterocycles. The van der Waals surface area contributed by atoms with Crippen LogP contribution in [0.5, 0.6) is 0 Å². The van der Waals surface area contributed by atoms with E-state index in [-0.39, 0.29) is 6.42 Å². The average molecular weight is 248 g/mol. The van der Waals surface area contributed by atoms with Gasteiger partial charge in [0.1, 0.15) is 0 Å². The molecule has 4 nitrogen and oxygen atoms in total. The van der Waals surface area contributed by atoms with E-state index in [4.69, 9.17) is 5.11 Å². The molecule has 0 amide bonds. The van der Waals surface area contributed by atoms with Crippen LogP contribution in [0.2, 0.25) is 0 Å². The minimum absolute atomic E-state index is 0.154. The first-order valence-corrected chi connectivity index (χ1v) is 6.51. The predicted molar refractivity (Wildman–Crippen MR) is 69.7 cm³/mol. The largest absolute Gasteiger partial charge is 0.481 e. The molecule has 2 rings (SSSR count). The van der Waals surface area contributed by atoms with Crippen LogP contribution >= 0.6 is 0 Å². The smallest absolute Gasteiger partial charge is 0.303 e. The zero-order valence-corrected chi connectivity index (χ0v) is 10.8. The Labute approximate surface area is 108 Å². The number of pyridine rings is 1. The molecule has 0 aromatic carbocycles. The molecule has 0 radical (unpaired) electrons. The van der Waals surface area contributed by atoms with Gasteiger partial charge in [0.05, 0.1) is 6.42 Å². The Morgan fingerprint density at radius 2 is 2.39 bits per heavy atom. The maximum atomic E-state index is 10.6. The summed E-state index contributed by atoms with van der Waals surface area (Å²) in [5.41, 5.74) is 2.01. The number of rotatable bonds is 4. The molecule has 1 unspecified atom stereocenters. The summed E-state index contributed by atoms with van der Waals surface area (Å²) < 4.78 is 0. The van der Waals surface area contributed by atoms with E-state index in [9.17, 15) is 4.79 Å². The number of aryl methyl sites for hydroxylation is 1. The zero-order valence-electron chi connectivity index (χ0n) is 10.8. The first-order chi connectivity index (χ1) is 8.65. The summed E-state index contributed by atoms with van der Waals surface area (Å²) in [6.45, 7) is 2.21. The number of aromatic nitrogens is 1. The van der Waals surface area contributed by atoms with Crippen molar-refractivity contribution < 1.29 is 9.90 Å². The fourth-order valence-corrected chi connectivity index (χ4v) is 2.51. The lowest BCUT2D eigenvalue weighted by Gasteiger charge is -2.29. The Balaban J connectivity index is 2.04. The molecule has 1 aliphatic heterocycles. The Hall–Kier alpha value is -1.42. The van der Waals surface area contributed by atoms with E-state index in [2.05, 4.69) is 23.0 Å². The number of likely N-dealkylation sites (tertiary alicyclic amines) is 1. The van der Waals surface area contributed by atoms with Gasteiger partial charge in [-0.2, -0.15) is 0 Å². The second-order valence-corrected chi connectivity index (χ2v) is 5.05. The Bertz CT molecular complexity index is 420. The van der Waals surface area contributed by atoms with Crippen LogP contribution in [0.4, 0.5) is 0 Å². The number of hydrogen-bond donors (Lipinski definition) is 1. The summed E-state index contributed by atoms with van der Waals surface area (Å²) in [7, 11) is 2.14. The van der Waals surface area contributed by atoms with E-state index in [1.165, 1.54) is 12.8 Å². The van der Waals surface area contributed by atoms with Gasteiger partial charge in [-0.05, 0) is 38.6 Å². The first-order valence-electron chi connectivity index (χ1n) is 6.51. The lowest BCUT2D eigenvalue weighted by Crippen LogP contribution is -2.31. The van der Waals surface area contributed by atoms with Gasteiger partial charge in [0.2, 0.25) is 0 Å². The standard InChI is InChI=1S/C14H20N2O2/c1-16-9-3-4-11(10-16)13-6-2-5-12(15-13)7-8-14(17)18/h2,5-6,11H,3-4,7-10H2,1H3,(H,17,18). The van der Waals surface area contributed by atoms with Crippen LogP contribution in [0.25, 0.3) is 0 Å². The minimum Gasteiger partial charge on any atom is -0.481 e. The molecule has 0 bridgehead atoms. The molecule has 0 aliphatic carbocycles. The van der Waals surface area contributed by atoms with Crippen LogP contribution in [0, 0.1) is 0 Å². The number of carboxylic acid groups (broad SMARTS) is 1. The average Bonchev–Trinajstić information content (AvgIpc) is 2.37. The third-order valence-electron chi connectivity index (χ3n) is 3.47. The molecule has 1 N–H and O–H groups in total. The Morgan fingerprint density at radius 1 is 1.56 bits per heavy atom. The predicted octanol–water partition coefficient (Wildman–Crippen LogP) is 1.91. The van der Waals surface area contributed by atoms with Gasteiger partial charge in [-0.3, -0.25) is 9.78 Å². The molecule has 1 aliphatic rings. The first kappa shape index (κ1) is 13.0. The SMILES string of the molecule is CN1CCCC(c2cccc(CCC(=O)O)n2)C1. The van der Waals surface area contributed by atoms with Crippen molar-refractivity contribution in [2.24, 2.45) is 0 Å². The molecule has 1 atom stereocenters. The van der Waals surface area contributed by atoms with Gasteiger partial charge in [-0.15, -0.1) is 0 Å². The second kappa shape index (κ2) is 5.96. The van der Waals surface area contributed by atoms with Crippen molar-refractivity contribution in [2.75, 3.05) is 20.1 Å². The van der Waals surface area contributed by atoms with E-state index in [0.717, 1.165) is 24.5 Å². The summed E-state index contributed by atoms with van der Waals surface area (Å²) in [6, 6.07) is 5.97. The van der Waals surface area contributed by atoms with Crippen molar-refractivity contribution in [1.82, 2.24) is 9.88 Å². The van der Waals surface area contributed by atoms with Gasteiger partial charge in [-0.1, -0.05) is 6.07 Å². The summed E-state index contributed by atoms with van der Waals surface area (Å²) in [5.74, 6) is -0.270. The van der Waals surface area contributed by atoms with Crippen LogP contribution in [0.1, 0.15) is 36.6 Å². The van der Waals surface area contributed by atoms with Crippen molar-refractivity contribution in [1.29, 1.82) is 0 Å². The quantitative estimate of drug-likeness (QED) is 0.884. The molecule has 18 heavy (non-hydrogen) atoms. The number of piperidine rings is 1. The Morgan fingerprint density at radius 3 is 3.11 bits per heavy atom. The number of hydrogen-bond acceptors (Lipinski definition) is 3. The van der Waals surface area contributed by atoms with E-state index < -0.39 is 5.97 Å². The van der Waals surface area contributed by atoms with Crippen molar-refractivity contribution >= 4 is 5.97 Å². The number of nitrogens with zero attached hydrogens (tertiary/aromatic N) is 2. The number of carboxylic acids is 1. The monoisotopic (exact) mass is 248 g/mol. The van der Waals surface area contributed by atoms with Crippen LogP contribution < -0.4 is 0 Å². The lowest BCUT2D eigenvalue weighted by molar-refractivity contribution is -0.136. The van der Waals surface area contributed by atoms with Crippen molar-refractivity contribution in [3.8, 4) is 0 Å².